The highest BCUT2D eigenvalue weighted by Crippen LogP contribution is 2.15. The zero-order valence-electron chi connectivity index (χ0n) is 10.9. The minimum absolute atomic E-state index is 0.0124. The summed E-state index contributed by atoms with van der Waals surface area (Å²) in [5.41, 5.74) is 1.96. The molecule has 0 aromatic heterocycles. The second-order valence-corrected chi connectivity index (χ2v) is 5.10. The number of rotatable bonds is 5. The summed E-state index contributed by atoms with van der Waals surface area (Å²) in [4.78, 5) is 13.1. The number of carbonyl (C=O) groups is 1. The van der Waals surface area contributed by atoms with Gasteiger partial charge in [0.15, 0.2) is 0 Å². The Bertz CT molecular complexity index is 539. The molecule has 0 aliphatic heterocycles. The molecular weight excluding hydrogens is 254 g/mol. The molecule has 98 valence electrons. The maximum atomic E-state index is 11.8. The Hall–Kier alpha value is -1.74. The predicted molar refractivity (Wildman–Crippen MR) is 80.7 cm³/mol. The normalized spacial score (nSPS) is 10.2. The van der Waals surface area contributed by atoms with Gasteiger partial charge >= 0.3 is 0 Å². The molecule has 19 heavy (non-hydrogen) atoms. The monoisotopic (exact) mass is 271 g/mol. The molecule has 0 spiro atoms. The standard InChI is InChI=1S/C16H17NOS/c1-19-15-9-5-6-13(12-15)10-11-17-16(18)14-7-3-2-4-8-14/h2-9,12H,10-11H2,1H3,(H,17,18). The van der Waals surface area contributed by atoms with E-state index in [1.54, 1.807) is 11.8 Å². The molecule has 1 N–H and O–H groups in total. The Morgan fingerprint density at radius 3 is 2.63 bits per heavy atom. The molecule has 0 aliphatic carbocycles. The first kappa shape index (κ1) is 13.7. The molecule has 2 rings (SSSR count). The van der Waals surface area contributed by atoms with Gasteiger partial charge in [-0.1, -0.05) is 30.3 Å². The fraction of sp³-hybridized carbons (Fsp3) is 0.188. The van der Waals surface area contributed by atoms with Crippen LogP contribution in [0.1, 0.15) is 15.9 Å². The smallest absolute Gasteiger partial charge is 0.251 e. The highest BCUT2D eigenvalue weighted by Gasteiger charge is 2.03. The summed E-state index contributed by atoms with van der Waals surface area (Å²) >= 11 is 1.73. The summed E-state index contributed by atoms with van der Waals surface area (Å²) in [6, 6.07) is 17.7. The van der Waals surface area contributed by atoms with Crippen molar-refractivity contribution in [3.63, 3.8) is 0 Å². The van der Waals surface area contributed by atoms with Crippen LogP contribution in [0.25, 0.3) is 0 Å². The van der Waals surface area contributed by atoms with E-state index in [1.807, 2.05) is 30.3 Å². The van der Waals surface area contributed by atoms with E-state index in [1.165, 1.54) is 10.5 Å². The van der Waals surface area contributed by atoms with Crippen molar-refractivity contribution in [2.75, 3.05) is 12.8 Å². The van der Waals surface area contributed by atoms with Gasteiger partial charge in [-0.05, 0) is 42.5 Å². The minimum atomic E-state index is -0.0124. The molecule has 0 heterocycles. The van der Waals surface area contributed by atoms with Crippen molar-refractivity contribution >= 4 is 17.7 Å². The lowest BCUT2D eigenvalue weighted by Crippen LogP contribution is -2.25. The third kappa shape index (κ3) is 4.14. The van der Waals surface area contributed by atoms with Gasteiger partial charge in [0, 0.05) is 17.0 Å². The van der Waals surface area contributed by atoms with Crippen LogP contribution in [-0.4, -0.2) is 18.7 Å². The SMILES string of the molecule is CSc1cccc(CCNC(=O)c2ccccc2)c1. The molecule has 0 bridgehead atoms. The Labute approximate surface area is 118 Å². The van der Waals surface area contributed by atoms with Crippen molar-refractivity contribution < 1.29 is 4.79 Å². The molecule has 3 heteroatoms. The molecule has 2 aromatic carbocycles. The van der Waals surface area contributed by atoms with Crippen LogP contribution in [-0.2, 0) is 6.42 Å². The van der Waals surface area contributed by atoms with E-state index in [2.05, 4.69) is 35.8 Å². The summed E-state index contributed by atoms with van der Waals surface area (Å²) in [6.07, 6.45) is 2.92. The van der Waals surface area contributed by atoms with Crippen LogP contribution < -0.4 is 5.32 Å². The molecule has 0 saturated heterocycles. The van der Waals surface area contributed by atoms with Crippen LogP contribution in [0.4, 0.5) is 0 Å². The van der Waals surface area contributed by atoms with E-state index in [9.17, 15) is 4.79 Å². The summed E-state index contributed by atoms with van der Waals surface area (Å²) in [5.74, 6) is -0.0124. The van der Waals surface area contributed by atoms with Gasteiger partial charge in [-0.2, -0.15) is 0 Å². The van der Waals surface area contributed by atoms with Crippen molar-refractivity contribution in [1.29, 1.82) is 0 Å². The summed E-state index contributed by atoms with van der Waals surface area (Å²) < 4.78 is 0. The highest BCUT2D eigenvalue weighted by atomic mass is 32.2. The number of amides is 1. The number of nitrogens with one attached hydrogen (secondary N) is 1. The molecule has 0 saturated carbocycles. The molecule has 0 radical (unpaired) electrons. The summed E-state index contributed by atoms with van der Waals surface area (Å²) in [7, 11) is 0. The lowest BCUT2D eigenvalue weighted by atomic mass is 10.1. The Kier molecular flexibility index (Phi) is 5.04. The van der Waals surface area contributed by atoms with Crippen LogP contribution in [0.5, 0.6) is 0 Å². The molecule has 2 nitrogen and oxygen atoms in total. The Balaban J connectivity index is 1.85. The fourth-order valence-electron chi connectivity index (χ4n) is 1.84. The maximum absolute atomic E-state index is 11.8. The quantitative estimate of drug-likeness (QED) is 0.845. The van der Waals surface area contributed by atoms with Gasteiger partial charge in [0.25, 0.3) is 5.91 Å². The van der Waals surface area contributed by atoms with Crippen molar-refractivity contribution in [1.82, 2.24) is 5.32 Å². The molecular formula is C16H17NOS. The van der Waals surface area contributed by atoms with Crippen LogP contribution >= 0.6 is 11.8 Å². The van der Waals surface area contributed by atoms with E-state index in [0.717, 1.165) is 6.42 Å². The zero-order valence-corrected chi connectivity index (χ0v) is 11.7. The van der Waals surface area contributed by atoms with Crippen molar-refractivity contribution in [2.24, 2.45) is 0 Å². The molecule has 1 amide bonds. The largest absolute Gasteiger partial charge is 0.352 e. The number of carbonyl (C=O) groups excluding carboxylic acids is 1. The van der Waals surface area contributed by atoms with Crippen molar-refractivity contribution in [3.05, 3.63) is 65.7 Å². The first-order valence-corrected chi connectivity index (χ1v) is 7.48. The fourth-order valence-corrected chi connectivity index (χ4v) is 2.32. The molecule has 0 atom stereocenters. The van der Waals surface area contributed by atoms with Crippen LogP contribution in [0.2, 0.25) is 0 Å². The number of benzene rings is 2. The molecule has 0 aliphatic rings. The van der Waals surface area contributed by atoms with Crippen molar-refractivity contribution in [3.8, 4) is 0 Å². The average Bonchev–Trinajstić information content (AvgIpc) is 2.48. The molecule has 0 unspecified atom stereocenters. The second-order valence-electron chi connectivity index (χ2n) is 4.22. The first-order valence-electron chi connectivity index (χ1n) is 6.26. The van der Waals surface area contributed by atoms with E-state index in [0.29, 0.717) is 12.1 Å². The molecule has 2 aromatic rings. The maximum Gasteiger partial charge on any atom is 0.251 e. The third-order valence-electron chi connectivity index (χ3n) is 2.87. The van der Waals surface area contributed by atoms with E-state index < -0.39 is 0 Å². The lowest BCUT2D eigenvalue weighted by Gasteiger charge is -2.06. The lowest BCUT2D eigenvalue weighted by molar-refractivity contribution is 0.0954. The molecule has 0 fully saturated rings. The Morgan fingerprint density at radius 2 is 1.89 bits per heavy atom. The van der Waals surface area contributed by atoms with Crippen LogP contribution in [0, 0.1) is 0 Å². The van der Waals surface area contributed by atoms with Gasteiger partial charge in [0.1, 0.15) is 0 Å². The average molecular weight is 271 g/mol. The number of hydrogen-bond donors (Lipinski definition) is 1. The summed E-state index contributed by atoms with van der Waals surface area (Å²) in [5, 5.41) is 2.94. The van der Waals surface area contributed by atoms with Gasteiger partial charge in [0.2, 0.25) is 0 Å². The van der Waals surface area contributed by atoms with Crippen molar-refractivity contribution in [2.45, 2.75) is 11.3 Å². The third-order valence-corrected chi connectivity index (χ3v) is 3.59. The van der Waals surface area contributed by atoms with Gasteiger partial charge in [0.05, 0.1) is 0 Å². The Morgan fingerprint density at radius 1 is 1.11 bits per heavy atom. The number of hydrogen-bond acceptors (Lipinski definition) is 2. The van der Waals surface area contributed by atoms with Gasteiger partial charge < -0.3 is 5.32 Å². The van der Waals surface area contributed by atoms with Crippen LogP contribution in [0.3, 0.4) is 0 Å². The summed E-state index contributed by atoms with van der Waals surface area (Å²) in [6.45, 7) is 0.658. The highest BCUT2D eigenvalue weighted by molar-refractivity contribution is 7.98. The van der Waals surface area contributed by atoms with E-state index in [4.69, 9.17) is 0 Å². The zero-order chi connectivity index (χ0) is 13.5. The van der Waals surface area contributed by atoms with E-state index in [-0.39, 0.29) is 5.91 Å². The predicted octanol–water partition coefficient (Wildman–Crippen LogP) is 3.38. The number of thioether (sulfide) groups is 1. The van der Waals surface area contributed by atoms with Gasteiger partial charge in [-0.3, -0.25) is 4.79 Å². The van der Waals surface area contributed by atoms with E-state index >= 15 is 0 Å². The topological polar surface area (TPSA) is 29.1 Å². The second kappa shape index (κ2) is 7.00. The van der Waals surface area contributed by atoms with Gasteiger partial charge in [-0.15, -0.1) is 11.8 Å². The van der Waals surface area contributed by atoms with Gasteiger partial charge in [-0.25, -0.2) is 0 Å². The van der Waals surface area contributed by atoms with Crippen LogP contribution in [0.15, 0.2) is 59.5 Å². The first-order chi connectivity index (χ1) is 9.29. The minimum Gasteiger partial charge on any atom is -0.352 e.